The Hall–Kier alpha value is -2.80. The molecule has 0 radical (unpaired) electrons. The molecule has 0 aromatic heterocycles. The average Bonchev–Trinajstić information content (AvgIpc) is 2.80. The number of fused-ring (bicyclic) bond motifs is 2. The first-order valence-electron chi connectivity index (χ1n) is 10.8. The highest BCUT2D eigenvalue weighted by Crippen LogP contribution is 2.43. The van der Waals surface area contributed by atoms with Crippen LogP contribution in [-0.4, -0.2) is 19.0 Å². The van der Waals surface area contributed by atoms with Gasteiger partial charge < -0.3 is 4.55 Å². The van der Waals surface area contributed by atoms with E-state index in [4.69, 9.17) is 0 Å². The highest BCUT2D eigenvalue weighted by atomic mass is 32.2. The normalized spacial score (nSPS) is 14.4. The number of halogens is 6. The largest absolute Gasteiger partial charge is 0.416 e. The first-order chi connectivity index (χ1) is 17.2. The van der Waals surface area contributed by atoms with Crippen molar-refractivity contribution in [2.45, 2.75) is 42.0 Å². The fourth-order valence-electron chi connectivity index (χ4n) is 4.07. The van der Waals surface area contributed by atoms with E-state index >= 15 is 0 Å². The molecule has 196 valence electrons. The molecular formula is C25H19F6NO3S2. The highest BCUT2D eigenvalue weighted by Gasteiger charge is 2.32. The Kier molecular flexibility index (Phi) is 7.23. The summed E-state index contributed by atoms with van der Waals surface area (Å²) in [6.45, 7) is 3.44. The molecule has 0 aliphatic rings. The third-order valence-corrected chi connectivity index (χ3v) is 7.74. The molecule has 12 heteroatoms. The molecule has 0 aliphatic carbocycles. The molecule has 4 rings (SSSR count). The van der Waals surface area contributed by atoms with Gasteiger partial charge in [0.1, 0.15) is 11.0 Å². The van der Waals surface area contributed by atoms with E-state index in [0.29, 0.717) is 0 Å². The zero-order valence-electron chi connectivity index (χ0n) is 19.2. The molecule has 4 aromatic rings. The Bertz CT molecular complexity index is 1560. The van der Waals surface area contributed by atoms with Crippen LogP contribution in [0.3, 0.4) is 0 Å². The van der Waals surface area contributed by atoms with Crippen molar-refractivity contribution in [3.8, 4) is 11.1 Å². The molecule has 0 heterocycles. The van der Waals surface area contributed by atoms with E-state index in [9.17, 15) is 39.3 Å². The maximum Gasteiger partial charge on any atom is 0.416 e. The van der Waals surface area contributed by atoms with Crippen LogP contribution in [0.4, 0.5) is 26.3 Å². The van der Waals surface area contributed by atoms with Crippen LogP contribution in [-0.2, 0) is 34.4 Å². The smallest absolute Gasteiger partial charge is 0.302 e. The zero-order valence-corrected chi connectivity index (χ0v) is 20.8. The summed E-state index contributed by atoms with van der Waals surface area (Å²) in [6, 6.07) is 10.6. The van der Waals surface area contributed by atoms with Crippen molar-refractivity contribution in [1.29, 1.82) is 0 Å². The first-order valence-corrected chi connectivity index (χ1v) is 13.0. The molecule has 0 spiro atoms. The standard InChI is InChI=1S/C25H19F6NO3S2/c1-13(2)32-36(33)20-9-3-14-11-16(24(26,27)28)5-7-18(14)22(20)23-19-8-6-17(25(29,30)31)12-15(19)4-10-21(23)37(34)35/h3-13,32H,1-2H3,(H,34,35). The van der Waals surface area contributed by atoms with Gasteiger partial charge in [0.05, 0.1) is 20.9 Å². The number of nitrogens with one attached hydrogen (secondary N) is 1. The lowest BCUT2D eigenvalue weighted by Gasteiger charge is -2.20. The molecule has 4 aromatic carbocycles. The van der Waals surface area contributed by atoms with Crippen LogP contribution in [0, 0.1) is 0 Å². The van der Waals surface area contributed by atoms with Gasteiger partial charge in [-0.3, -0.25) is 0 Å². The summed E-state index contributed by atoms with van der Waals surface area (Å²) in [4.78, 5) is -0.0949. The average molecular weight is 560 g/mol. The lowest BCUT2D eigenvalue weighted by molar-refractivity contribution is -0.138. The predicted molar refractivity (Wildman–Crippen MR) is 131 cm³/mol. The van der Waals surface area contributed by atoms with Crippen molar-refractivity contribution in [2.75, 3.05) is 0 Å². The lowest BCUT2D eigenvalue weighted by Crippen LogP contribution is -2.25. The van der Waals surface area contributed by atoms with Gasteiger partial charge >= 0.3 is 12.4 Å². The van der Waals surface area contributed by atoms with Gasteiger partial charge in [0.25, 0.3) is 0 Å². The summed E-state index contributed by atoms with van der Waals surface area (Å²) in [5.74, 6) is 0. The van der Waals surface area contributed by atoms with E-state index in [2.05, 4.69) is 4.72 Å². The maximum atomic E-state index is 13.4. The van der Waals surface area contributed by atoms with Crippen molar-refractivity contribution in [3.63, 3.8) is 0 Å². The van der Waals surface area contributed by atoms with Crippen molar-refractivity contribution in [2.24, 2.45) is 0 Å². The minimum Gasteiger partial charge on any atom is -0.302 e. The van der Waals surface area contributed by atoms with Crippen LogP contribution in [0.5, 0.6) is 0 Å². The van der Waals surface area contributed by atoms with Crippen molar-refractivity contribution < 1.29 is 39.3 Å². The van der Waals surface area contributed by atoms with E-state index in [1.165, 1.54) is 24.3 Å². The van der Waals surface area contributed by atoms with Crippen LogP contribution in [0.25, 0.3) is 32.7 Å². The molecule has 0 saturated carbocycles. The number of rotatable bonds is 5. The lowest BCUT2D eigenvalue weighted by atomic mass is 9.92. The fraction of sp³-hybridized carbons (Fsp3) is 0.200. The third kappa shape index (κ3) is 5.42. The predicted octanol–water partition coefficient (Wildman–Crippen LogP) is 7.30. The van der Waals surface area contributed by atoms with E-state index in [-0.39, 0.29) is 48.5 Å². The Morgan fingerprint density at radius 1 is 0.703 bits per heavy atom. The number of hydrogen-bond acceptors (Lipinski definition) is 2. The maximum absolute atomic E-state index is 13.4. The van der Waals surface area contributed by atoms with Gasteiger partial charge in [-0.05, 0) is 71.8 Å². The topological polar surface area (TPSA) is 66.4 Å². The van der Waals surface area contributed by atoms with Crippen LogP contribution < -0.4 is 4.72 Å². The molecule has 0 bridgehead atoms. The van der Waals surface area contributed by atoms with Gasteiger partial charge in [0, 0.05) is 17.2 Å². The number of alkyl halides is 6. The first kappa shape index (κ1) is 27.2. The third-order valence-electron chi connectivity index (χ3n) is 5.60. The summed E-state index contributed by atoms with van der Waals surface area (Å²) in [5, 5.41) is 0.511. The molecule has 0 saturated heterocycles. The SMILES string of the molecule is CC(C)NS(=O)c1ccc2cc(C(F)(F)F)ccc2c1-c1c(S(=O)O)ccc2cc(C(F)(F)F)ccc12. The second-order valence-corrected chi connectivity index (χ2v) is 10.7. The van der Waals surface area contributed by atoms with Crippen LogP contribution in [0.1, 0.15) is 25.0 Å². The van der Waals surface area contributed by atoms with Gasteiger partial charge in [-0.2, -0.15) is 26.3 Å². The summed E-state index contributed by atoms with van der Waals surface area (Å²) < 4.78 is 119. The Morgan fingerprint density at radius 2 is 1.14 bits per heavy atom. The summed E-state index contributed by atoms with van der Waals surface area (Å²) in [6.07, 6.45) is -9.28. The number of hydrogen-bond donors (Lipinski definition) is 2. The minimum atomic E-state index is -4.64. The Balaban J connectivity index is 2.16. The highest BCUT2D eigenvalue weighted by molar-refractivity contribution is 7.83. The van der Waals surface area contributed by atoms with Crippen molar-refractivity contribution in [3.05, 3.63) is 71.8 Å². The molecular weight excluding hydrogens is 540 g/mol. The Labute approximate surface area is 212 Å². The second kappa shape index (κ2) is 9.82. The number of benzene rings is 4. The van der Waals surface area contributed by atoms with E-state index in [0.717, 1.165) is 36.4 Å². The molecule has 2 unspecified atom stereocenters. The molecule has 2 atom stereocenters. The molecule has 0 aliphatic heterocycles. The van der Waals surface area contributed by atoms with E-state index < -0.39 is 45.5 Å². The van der Waals surface area contributed by atoms with Crippen LogP contribution in [0.15, 0.2) is 70.5 Å². The molecule has 0 amide bonds. The van der Waals surface area contributed by atoms with Gasteiger partial charge in [0.15, 0.2) is 11.1 Å². The molecule has 37 heavy (non-hydrogen) atoms. The Morgan fingerprint density at radius 3 is 1.54 bits per heavy atom. The summed E-state index contributed by atoms with van der Waals surface area (Å²) in [7, 11) is -1.92. The van der Waals surface area contributed by atoms with Crippen LogP contribution in [0.2, 0.25) is 0 Å². The zero-order chi connectivity index (χ0) is 27.3. The molecule has 4 nitrogen and oxygen atoms in total. The molecule has 0 fully saturated rings. The van der Waals surface area contributed by atoms with Gasteiger partial charge in [0.2, 0.25) is 0 Å². The van der Waals surface area contributed by atoms with Crippen LogP contribution >= 0.6 is 0 Å². The van der Waals surface area contributed by atoms with E-state index in [1.807, 2.05) is 0 Å². The quantitative estimate of drug-likeness (QED) is 0.199. The summed E-state index contributed by atoms with van der Waals surface area (Å²) in [5.41, 5.74) is -1.78. The summed E-state index contributed by atoms with van der Waals surface area (Å²) >= 11 is -2.63. The van der Waals surface area contributed by atoms with Gasteiger partial charge in [-0.25, -0.2) is 13.1 Å². The second-order valence-electron chi connectivity index (χ2n) is 8.54. The van der Waals surface area contributed by atoms with Crippen molar-refractivity contribution in [1.82, 2.24) is 4.72 Å². The van der Waals surface area contributed by atoms with Crippen molar-refractivity contribution >= 4 is 43.6 Å². The van der Waals surface area contributed by atoms with E-state index in [1.54, 1.807) is 13.8 Å². The minimum absolute atomic E-state index is 0.00585. The fourth-order valence-corrected chi connectivity index (χ4v) is 5.78. The molecule has 2 N–H and O–H groups in total. The van der Waals surface area contributed by atoms with Gasteiger partial charge in [-0.15, -0.1) is 0 Å². The van der Waals surface area contributed by atoms with Gasteiger partial charge in [-0.1, -0.05) is 24.3 Å². The monoisotopic (exact) mass is 559 g/mol.